The monoisotopic (exact) mass is 167 g/mol. The molecule has 0 spiro atoms. The van der Waals surface area contributed by atoms with Gasteiger partial charge < -0.3 is 4.90 Å². The van der Waals surface area contributed by atoms with Gasteiger partial charge in [-0.2, -0.15) is 0 Å². The number of rotatable bonds is 3. The summed E-state index contributed by atoms with van der Waals surface area (Å²) >= 11 is 0. The van der Waals surface area contributed by atoms with E-state index in [-0.39, 0.29) is 18.1 Å². The minimum absolute atomic E-state index is 0.0419. The number of hydrogen-bond donors (Lipinski definition) is 0. The van der Waals surface area contributed by atoms with Crippen molar-refractivity contribution in [3.63, 3.8) is 0 Å². The van der Waals surface area contributed by atoms with E-state index in [2.05, 4.69) is 6.92 Å². The molecule has 0 atom stereocenters. The molecule has 0 aromatic rings. The molecule has 0 saturated carbocycles. The molecule has 12 heavy (non-hydrogen) atoms. The predicted octanol–water partition coefficient (Wildman–Crippen LogP) is 1.10. The van der Waals surface area contributed by atoms with Gasteiger partial charge in [-0.15, -0.1) is 0 Å². The summed E-state index contributed by atoms with van der Waals surface area (Å²) in [5.74, 6) is -0.163. The van der Waals surface area contributed by atoms with Crippen LogP contribution in [0.3, 0.4) is 0 Å². The minimum Gasteiger partial charge on any atom is -0.319 e. The zero-order valence-electron chi connectivity index (χ0n) is 7.25. The summed E-state index contributed by atoms with van der Waals surface area (Å²) < 4.78 is 0. The summed E-state index contributed by atoms with van der Waals surface area (Å²) in [5.41, 5.74) is 0. The zero-order chi connectivity index (χ0) is 8.97. The SMILES string of the molecule is CCCCN1C=CC(=O)CC1=O. The molecule has 0 N–H and O–H groups in total. The highest BCUT2D eigenvalue weighted by atomic mass is 16.2. The molecule has 1 aliphatic rings. The van der Waals surface area contributed by atoms with Gasteiger partial charge in [-0.05, 0) is 12.5 Å². The summed E-state index contributed by atoms with van der Waals surface area (Å²) in [4.78, 5) is 23.5. The maximum Gasteiger partial charge on any atom is 0.234 e. The fraction of sp³-hybridized carbons (Fsp3) is 0.556. The fourth-order valence-electron chi connectivity index (χ4n) is 1.09. The predicted molar refractivity (Wildman–Crippen MR) is 45.4 cm³/mol. The second kappa shape index (κ2) is 4.04. The third-order valence-corrected chi connectivity index (χ3v) is 1.84. The lowest BCUT2D eigenvalue weighted by atomic mass is 10.2. The van der Waals surface area contributed by atoms with Crippen LogP contribution in [-0.2, 0) is 9.59 Å². The molecule has 66 valence electrons. The van der Waals surface area contributed by atoms with E-state index in [9.17, 15) is 9.59 Å². The first-order chi connectivity index (χ1) is 5.74. The van der Waals surface area contributed by atoms with Gasteiger partial charge in [-0.25, -0.2) is 0 Å². The van der Waals surface area contributed by atoms with Crippen LogP contribution in [0.25, 0.3) is 0 Å². The lowest BCUT2D eigenvalue weighted by Gasteiger charge is -2.20. The van der Waals surface area contributed by atoms with Gasteiger partial charge in [0.15, 0.2) is 5.78 Å². The molecule has 0 bridgehead atoms. The van der Waals surface area contributed by atoms with Crippen LogP contribution in [0.15, 0.2) is 12.3 Å². The van der Waals surface area contributed by atoms with Crippen molar-refractivity contribution >= 4 is 11.7 Å². The molecule has 0 saturated heterocycles. The van der Waals surface area contributed by atoms with Crippen molar-refractivity contribution in [1.29, 1.82) is 0 Å². The lowest BCUT2D eigenvalue weighted by molar-refractivity contribution is -0.133. The van der Waals surface area contributed by atoms with E-state index in [1.807, 2.05) is 0 Å². The smallest absolute Gasteiger partial charge is 0.234 e. The number of allylic oxidation sites excluding steroid dienone is 1. The third kappa shape index (κ3) is 2.19. The van der Waals surface area contributed by atoms with Gasteiger partial charge in [0.1, 0.15) is 0 Å². The fourth-order valence-corrected chi connectivity index (χ4v) is 1.09. The number of unbranched alkanes of at least 4 members (excludes halogenated alkanes) is 1. The van der Waals surface area contributed by atoms with Gasteiger partial charge in [-0.3, -0.25) is 9.59 Å². The number of nitrogens with zero attached hydrogens (tertiary/aromatic N) is 1. The summed E-state index contributed by atoms with van der Waals surface area (Å²) in [6.45, 7) is 2.81. The first-order valence-corrected chi connectivity index (χ1v) is 4.24. The van der Waals surface area contributed by atoms with Crippen molar-refractivity contribution in [3.05, 3.63) is 12.3 Å². The number of ketones is 1. The van der Waals surface area contributed by atoms with E-state index in [0.29, 0.717) is 0 Å². The summed E-state index contributed by atoms with van der Waals surface area (Å²) in [6.07, 6.45) is 5.15. The van der Waals surface area contributed by atoms with Crippen LogP contribution >= 0.6 is 0 Å². The molecule has 1 heterocycles. The van der Waals surface area contributed by atoms with Gasteiger partial charge in [0.25, 0.3) is 0 Å². The first-order valence-electron chi connectivity index (χ1n) is 4.24. The van der Waals surface area contributed by atoms with Gasteiger partial charge >= 0.3 is 0 Å². The molecule has 0 radical (unpaired) electrons. The van der Waals surface area contributed by atoms with Crippen molar-refractivity contribution in [3.8, 4) is 0 Å². The van der Waals surface area contributed by atoms with Crippen molar-refractivity contribution in [2.75, 3.05) is 6.54 Å². The molecule has 0 aromatic heterocycles. The highest BCUT2D eigenvalue weighted by Gasteiger charge is 2.17. The Morgan fingerprint density at radius 1 is 1.50 bits per heavy atom. The molecule has 0 aliphatic carbocycles. The van der Waals surface area contributed by atoms with Crippen LogP contribution in [0.4, 0.5) is 0 Å². The molecule has 1 rings (SSSR count). The zero-order valence-corrected chi connectivity index (χ0v) is 7.25. The molecule has 1 aliphatic heterocycles. The van der Waals surface area contributed by atoms with Crippen molar-refractivity contribution in [2.45, 2.75) is 26.2 Å². The van der Waals surface area contributed by atoms with Gasteiger partial charge in [-0.1, -0.05) is 13.3 Å². The number of hydrogen-bond acceptors (Lipinski definition) is 2. The van der Waals surface area contributed by atoms with Crippen LogP contribution < -0.4 is 0 Å². The Morgan fingerprint density at radius 3 is 2.83 bits per heavy atom. The van der Waals surface area contributed by atoms with Gasteiger partial charge in [0.05, 0.1) is 6.42 Å². The maximum absolute atomic E-state index is 11.2. The molecule has 1 amide bonds. The average molecular weight is 167 g/mol. The molecule has 0 unspecified atom stereocenters. The van der Waals surface area contributed by atoms with Gasteiger partial charge in [0.2, 0.25) is 5.91 Å². The second-order valence-corrected chi connectivity index (χ2v) is 2.90. The Morgan fingerprint density at radius 2 is 2.25 bits per heavy atom. The van der Waals surface area contributed by atoms with Crippen molar-refractivity contribution in [2.24, 2.45) is 0 Å². The van der Waals surface area contributed by atoms with E-state index in [1.54, 1.807) is 11.1 Å². The maximum atomic E-state index is 11.2. The molecule has 0 fully saturated rings. The van der Waals surface area contributed by atoms with Crippen LogP contribution in [0.2, 0.25) is 0 Å². The largest absolute Gasteiger partial charge is 0.319 e. The molecule has 3 heteroatoms. The average Bonchev–Trinajstić information content (AvgIpc) is 2.03. The van der Waals surface area contributed by atoms with Crippen LogP contribution in [0, 0.1) is 0 Å². The second-order valence-electron chi connectivity index (χ2n) is 2.90. The Hall–Kier alpha value is -1.12. The Bertz CT molecular complexity index is 221. The molecular formula is C9H13NO2. The highest BCUT2D eigenvalue weighted by molar-refractivity contribution is 6.06. The highest BCUT2D eigenvalue weighted by Crippen LogP contribution is 2.05. The van der Waals surface area contributed by atoms with E-state index >= 15 is 0 Å². The number of carbonyl (C=O) groups is 2. The summed E-state index contributed by atoms with van der Waals surface area (Å²) in [7, 11) is 0. The van der Waals surface area contributed by atoms with Crippen molar-refractivity contribution < 1.29 is 9.59 Å². The Labute approximate surface area is 72.0 Å². The van der Waals surface area contributed by atoms with Gasteiger partial charge in [0, 0.05) is 12.7 Å². The standard InChI is InChI=1S/C9H13NO2/c1-2-3-5-10-6-4-8(11)7-9(10)12/h4,6H,2-3,5,7H2,1H3. The van der Waals surface area contributed by atoms with Crippen LogP contribution in [-0.4, -0.2) is 23.1 Å². The molecular weight excluding hydrogens is 154 g/mol. The molecule has 0 aromatic carbocycles. The van der Waals surface area contributed by atoms with Crippen molar-refractivity contribution in [1.82, 2.24) is 4.90 Å². The van der Waals surface area contributed by atoms with E-state index in [0.717, 1.165) is 19.4 Å². The van der Waals surface area contributed by atoms with Crippen LogP contribution in [0.5, 0.6) is 0 Å². The lowest BCUT2D eigenvalue weighted by Crippen LogP contribution is -2.31. The normalized spacial score (nSPS) is 17.2. The summed E-state index contributed by atoms with van der Waals surface area (Å²) in [5, 5.41) is 0. The molecule has 3 nitrogen and oxygen atoms in total. The van der Waals surface area contributed by atoms with E-state index in [1.165, 1.54) is 6.08 Å². The third-order valence-electron chi connectivity index (χ3n) is 1.84. The topological polar surface area (TPSA) is 37.4 Å². The quantitative estimate of drug-likeness (QED) is 0.590. The first kappa shape index (κ1) is 8.97. The van der Waals surface area contributed by atoms with E-state index < -0.39 is 0 Å². The summed E-state index contributed by atoms with van der Waals surface area (Å²) in [6, 6.07) is 0. The number of carbonyl (C=O) groups excluding carboxylic acids is 2. The Balaban J connectivity index is 2.48. The minimum atomic E-state index is -0.0900. The van der Waals surface area contributed by atoms with E-state index in [4.69, 9.17) is 0 Å². The van der Waals surface area contributed by atoms with Crippen LogP contribution in [0.1, 0.15) is 26.2 Å². The number of amides is 1. The Kier molecular flexibility index (Phi) is 3.02.